The second-order valence-electron chi connectivity index (χ2n) is 4.71. The molecule has 0 aliphatic carbocycles. The number of amides is 2. The number of hydrogen-bond donors (Lipinski definition) is 3. The molecular formula is C15H22ClN3O3. The maximum absolute atomic E-state index is 11.8. The van der Waals surface area contributed by atoms with Crippen LogP contribution in [0.4, 0.5) is 5.69 Å². The van der Waals surface area contributed by atoms with Gasteiger partial charge in [0.2, 0.25) is 11.8 Å². The van der Waals surface area contributed by atoms with Crippen LogP contribution in [0.2, 0.25) is 5.02 Å². The van der Waals surface area contributed by atoms with Gasteiger partial charge in [0.15, 0.2) is 0 Å². The Morgan fingerprint density at radius 2 is 2.09 bits per heavy atom. The number of carbonyl (C=O) groups excluding carboxylic acids is 2. The number of methoxy groups -OCH3 is 1. The minimum Gasteiger partial charge on any atom is -0.495 e. The highest BCUT2D eigenvalue weighted by Gasteiger charge is 2.14. The molecule has 0 saturated heterocycles. The van der Waals surface area contributed by atoms with Crippen molar-refractivity contribution < 1.29 is 14.3 Å². The van der Waals surface area contributed by atoms with Gasteiger partial charge < -0.3 is 20.7 Å². The van der Waals surface area contributed by atoms with Gasteiger partial charge in [-0.3, -0.25) is 9.59 Å². The number of anilines is 1. The largest absolute Gasteiger partial charge is 0.495 e. The van der Waals surface area contributed by atoms with E-state index in [4.69, 9.17) is 16.3 Å². The van der Waals surface area contributed by atoms with Crippen LogP contribution in [0.3, 0.4) is 0 Å². The third-order valence-electron chi connectivity index (χ3n) is 2.95. The van der Waals surface area contributed by atoms with Crippen molar-refractivity contribution in [3.05, 3.63) is 23.2 Å². The molecule has 22 heavy (non-hydrogen) atoms. The highest BCUT2D eigenvalue weighted by molar-refractivity contribution is 6.30. The fraction of sp³-hybridized carbons (Fsp3) is 0.467. The minimum absolute atomic E-state index is 0.194. The van der Waals surface area contributed by atoms with Crippen molar-refractivity contribution in [1.29, 1.82) is 0 Å². The average Bonchev–Trinajstić information content (AvgIpc) is 2.47. The summed E-state index contributed by atoms with van der Waals surface area (Å²) in [4.78, 5) is 23.3. The third-order valence-corrected chi connectivity index (χ3v) is 3.19. The number of hydrogen-bond acceptors (Lipinski definition) is 4. The van der Waals surface area contributed by atoms with E-state index in [9.17, 15) is 9.59 Å². The van der Waals surface area contributed by atoms with E-state index in [1.54, 1.807) is 32.2 Å². The predicted octanol–water partition coefficient (Wildman–Crippen LogP) is 1.79. The molecule has 0 heterocycles. The van der Waals surface area contributed by atoms with Crippen molar-refractivity contribution in [3.8, 4) is 5.75 Å². The molecule has 1 aromatic carbocycles. The Kier molecular flexibility index (Phi) is 7.52. The number of likely N-dealkylation sites (N-methyl/N-ethyl adjacent to an activating group) is 1. The first-order chi connectivity index (χ1) is 10.5. The van der Waals surface area contributed by atoms with Crippen LogP contribution < -0.4 is 20.7 Å². The normalized spacial score (nSPS) is 11.5. The summed E-state index contributed by atoms with van der Waals surface area (Å²) in [6.45, 7) is 4.42. The summed E-state index contributed by atoms with van der Waals surface area (Å²) in [7, 11) is 1.56. The summed E-state index contributed by atoms with van der Waals surface area (Å²) < 4.78 is 5.21. The van der Waals surface area contributed by atoms with Crippen molar-refractivity contribution >= 4 is 29.1 Å². The topological polar surface area (TPSA) is 79.5 Å². The summed E-state index contributed by atoms with van der Waals surface area (Å²) in [6, 6.07) is 4.66. The van der Waals surface area contributed by atoms with Gasteiger partial charge in [0, 0.05) is 24.5 Å². The quantitative estimate of drug-likeness (QED) is 0.680. The Labute approximate surface area is 135 Å². The lowest BCUT2D eigenvalue weighted by Gasteiger charge is -2.14. The first-order valence-electron chi connectivity index (χ1n) is 7.12. The number of halogens is 1. The lowest BCUT2D eigenvalue weighted by Crippen LogP contribution is -2.45. The van der Waals surface area contributed by atoms with Crippen molar-refractivity contribution in [2.24, 2.45) is 0 Å². The molecule has 0 bridgehead atoms. The Morgan fingerprint density at radius 3 is 2.73 bits per heavy atom. The SMILES string of the molecule is CCNC(=O)C(C)NC(=O)CCNc1cc(Cl)ccc1OC. The summed E-state index contributed by atoms with van der Waals surface area (Å²) in [5.74, 6) is 0.257. The molecule has 1 atom stereocenters. The summed E-state index contributed by atoms with van der Waals surface area (Å²) in [6.07, 6.45) is 0.236. The van der Waals surface area contributed by atoms with Crippen LogP contribution >= 0.6 is 11.6 Å². The van der Waals surface area contributed by atoms with Crippen molar-refractivity contribution in [2.75, 3.05) is 25.5 Å². The first-order valence-corrected chi connectivity index (χ1v) is 7.50. The molecule has 3 N–H and O–H groups in total. The van der Waals surface area contributed by atoms with E-state index < -0.39 is 6.04 Å². The van der Waals surface area contributed by atoms with Crippen LogP contribution in [0.5, 0.6) is 5.75 Å². The molecule has 1 aromatic rings. The second-order valence-corrected chi connectivity index (χ2v) is 5.14. The average molecular weight is 328 g/mol. The zero-order valence-corrected chi connectivity index (χ0v) is 13.8. The lowest BCUT2D eigenvalue weighted by atomic mass is 10.2. The van der Waals surface area contributed by atoms with E-state index in [-0.39, 0.29) is 18.2 Å². The summed E-state index contributed by atoms with van der Waals surface area (Å²) in [5, 5.41) is 8.97. The van der Waals surface area contributed by atoms with E-state index in [2.05, 4.69) is 16.0 Å². The van der Waals surface area contributed by atoms with Gasteiger partial charge in [-0.25, -0.2) is 0 Å². The van der Waals surface area contributed by atoms with E-state index in [1.165, 1.54) is 0 Å². The number of carbonyl (C=O) groups is 2. The zero-order valence-electron chi connectivity index (χ0n) is 13.0. The van der Waals surface area contributed by atoms with Gasteiger partial charge >= 0.3 is 0 Å². The molecule has 0 aromatic heterocycles. The molecule has 7 heteroatoms. The maximum atomic E-state index is 11.8. The van der Waals surface area contributed by atoms with Gasteiger partial charge in [0.05, 0.1) is 12.8 Å². The highest BCUT2D eigenvalue weighted by atomic mass is 35.5. The molecule has 0 fully saturated rings. The Hall–Kier alpha value is -1.95. The van der Waals surface area contributed by atoms with E-state index in [0.717, 1.165) is 5.69 Å². The molecule has 122 valence electrons. The Morgan fingerprint density at radius 1 is 1.36 bits per heavy atom. The standard InChI is InChI=1S/C15H22ClN3O3/c1-4-17-15(21)10(2)19-14(20)7-8-18-12-9-11(16)5-6-13(12)22-3/h5-6,9-10,18H,4,7-8H2,1-3H3,(H,17,21)(H,19,20). The maximum Gasteiger partial charge on any atom is 0.242 e. The number of nitrogens with one attached hydrogen (secondary N) is 3. The molecule has 0 aliphatic heterocycles. The predicted molar refractivity (Wildman–Crippen MR) is 87.4 cm³/mol. The smallest absolute Gasteiger partial charge is 0.242 e. The van der Waals surface area contributed by atoms with Crippen LogP contribution in [0.1, 0.15) is 20.3 Å². The molecule has 0 radical (unpaired) electrons. The first kappa shape index (κ1) is 18.1. The number of benzene rings is 1. The van der Waals surface area contributed by atoms with E-state index >= 15 is 0 Å². The molecule has 1 unspecified atom stereocenters. The molecular weight excluding hydrogens is 306 g/mol. The van der Waals surface area contributed by atoms with Crippen molar-refractivity contribution in [2.45, 2.75) is 26.3 Å². The molecule has 0 saturated carbocycles. The molecule has 2 amide bonds. The van der Waals surface area contributed by atoms with Crippen LogP contribution in [-0.2, 0) is 9.59 Å². The van der Waals surface area contributed by atoms with Gasteiger partial charge in [0.25, 0.3) is 0 Å². The zero-order chi connectivity index (χ0) is 16.5. The molecule has 1 rings (SSSR count). The summed E-state index contributed by atoms with van der Waals surface area (Å²) >= 11 is 5.93. The van der Waals surface area contributed by atoms with Crippen LogP contribution in [0.15, 0.2) is 18.2 Å². The van der Waals surface area contributed by atoms with E-state index in [1.807, 2.05) is 6.92 Å². The highest BCUT2D eigenvalue weighted by Crippen LogP contribution is 2.27. The second kappa shape index (κ2) is 9.15. The van der Waals surface area contributed by atoms with Gasteiger partial charge in [0.1, 0.15) is 11.8 Å². The molecule has 6 nitrogen and oxygen atoms in total. The van der Waals surface area contributed by atoms with Crippen molar-refractivity contribution in [3.63, 3.8) is 0 Å². The van der Waals surface area contributed by atoms with Gasteiger partial charge in [-0.15, -0.1) is 0 Å². The fourth-order valence-electron chi connectivity index (χ4n) is 1.84. The van der Waals surface area contributed by atoms with E-state index in [0.29, 0.717) is 23.9 Å². The lowest BCUT2D eigenvalue weighted by molar-refractivity contribution is -0.128. The molecule has 0 aliphatic rings. The van der Waals surface area contributed by atoms with Gasteiger partial charge in [-0.1, -0.05) is 11.6 Å². The molecule has 0 spiro atoms. The summed E-state index contributed by atoms with van der Waals surface area (Å²) in [5.41, 5.74) is 0.722. The Balaban J connectivity index is 2.42. The van der Waals surface area contributed by atoms with Crippen LogP contribution in [0.25, 0.3) is 0 Å². The van der Waals surface area contributed by atoms with Crippen molar-refractivity contribution in [1.82, 2.24) is 10.6 Å². The fourth-order valence-corrected chi connectivity index (χ4v) is 2.01. The Bertz CT molecular complexity index is 523. The third kappa shape index (κ3) is 5.81. The van der Waals surface area contributed by atoms with Crippen LogP contribution in [-0.4, -0.2) is 38.1 Å². The van der Waals surface area contributed by atoms with Gasteiger partial charge in [-0.2, -0.15) is 0 Å². The minimum atomic E-state index is -0.548. The van der Waals surface area contributed by atoms with Crippen LogP contribution in [0, 0.1) is 0 Å². The van der Waals surface area contributed by atoms with Gasteiger partial charge in [-0.05, 0) is 32.0 Å². The number of ether oxygens (including phenoxy) is 1. The number of rotatable bonds is 8. The monoisotopic (exact) mass is 327 g/mol.